The number of hydrogen-bond acceptors (Lipinski definition) is 3. The van der Waals surface area contributed by atoms with Crippen LogP contribution in [-0.4, -0.2) is 4.98 Å². The van der Waals surface area contributed by atoms with E-state index in [2.05, 4.69) is 52.9 Å². The standard InChI is InChI=1S/C15H12N2S/c18-17-13-7-5-11(6-8-13)15-10-16-9-12-3-1-2-4-14(12)15/h1-10,17-18H. The van der Waals surface area contributed by atoms with Crippen molar-refractivity contribution in [2.75, 3.05) is 4.72 Å². The van der Waals surface area contributed by atoms with E-state index in [1.54, 1.807) is 0 Å². The molecule has 0 aliphatic carbocycles. The van der Waals surface area contributed by atoms with Crippen LogP contribution in [0, 0.1) is 0 Å². The van der Waals surface area contributed by atoms with Gasteiger partial charge in [0.25, 0.3) is 0 Å². The van der Waals surface area contributed by atoms with Gasteiger partial charge in [0.1, 0.15) is 0 Å². The minimum atomic E-state index is 0.982. The Bertz CT molecular complexity index is 672. The quantitative estimate of drug-likeness (QED) is 0.669. The molecule has 0 unspecified atom stereocenters. The number of benzene rings is 2. The smallest absolute Gasteiger partial charge is 0.0438 e. The molecule has 1 aromatic heterocycles. The predicted octanol–water partition coefficient (Wildman–Crippen LogP) is 4.16. The zero-order valence-electron chi connectivity index (χ0n) is 9.67. The molecule has 3 rings (SSSR count). The van der Waals surface area contributed by atoms with E-state index in [0.717, 1.165) is 22.2 Å². The van der Waals surface area contributed by atoms with Crippen LogP contribution in [0.2, 0.25) is 0 Å². The molecule has 0 aliphatic rings. The summed E-state index contributed by atoms with van der Waals surface area (Å²) in [5, 5.41) is 2.38. The molecule has 0 amide bonds. The minimum Gasteiger partial charge on any atom is -0.332 e. The van der Waals surface area contributed by atoms with Crippen LogP contribution in [0.15, 0.2) is 60.9 Å². The fourth-order valence-electron chi connectivity index (χ4n) is 2.07. The second-order valence-electron chi connectivity index (χ2n) is 4.10. The lowest BCUT2D eigenvalue weighted by atomic mass is 10.0. The maximum atomic E-state index is 4.30. The van der Waals surface area contributed by atoms with E-state index in [4.69, 9.17) is 0 Å². The van der Waals surface area contributed by atoms with Crippen molar-refractivity contribution in [3.63, 3.8) is 0 Å². The molecule has 2 nitrogen and oxygen atoms in total. The van der Waals surface area contributed by atoms with Crippen molar-refractivity contribution in [3.05, 3.63) is 60.9 Å². The maximum Gasteiger partial charge on any atom is 0.0438 e. The fraction of sp³-hybridized carbons (Fsp3) is 0. The number of hydrogen-bond donors (Lipinski definition) is 2. The highest BCUT2D eigenvalue weighted by Crippen LogP contribution is 2.28. The molecule has 0 saturated carbocycles. The van der Waals surface area contributed by atoms with E-state index in [1.807, 2.05) is 30.6 Å². The molecular weight excluding hydrogens is 240 g/mol. The monoisotopic (exact) mass is 252 g/mol. The highest BCUT2D eigenvalue weighted by molar-refractivity contribution is 7.81. The van der Waals surface area contributed by atoms with E-state index < -0.39 is 0 Å². The summed E-state index contributed by atoms with van der Waals surface area (Å²) in [4.78, 5) is 4.30. The third-order valence-corrected chi connectivity index (χ3v) is 3.25. The number of nitrogens with zero attached hydrogens (tertiary/aromatic N) is 1. The number of fused-ring (bicyclic) bond motifs is 1. The van der Waals surface area contributed by atoms with Crippen molar-refractivity contribution < 1.29 is 0 Å². The summed E-state index contributed by atoms with van der Waals surface area (Å²) in [6.45, 7) is 0. The second kappa shape index (κ2) is 4.70. The Labute approximate surface area is 111 Å². The van der Waals surface area contributed by atoms with E-state index in [9.17, 15) is 0 Å². The number of pyridine rings is 1. The molecule has 0 bridgehead atoms. The normalized spacial score (nSPS) is 10.5. The summed E-state index contributed by atoms with van der Waals surface area (Å²) in [6, 6.07) is 16.4. The maximum absolute atomic E-state index is 4.30. The molecule has 88 valence electrons. The van der Waals surface area contributed by atoms with E-state index >= 15 is 0 Å². The fourth-order valence-corrected chi connectivity index (χ4v) is 2.22. The highest BCUT2D eigenvalue weighted by Gasteiger charge is 2.03. The van der Waals surface area contributed by atoms with Crippen molar-refractivity contribution >= 4 is 29.3 Å². The van der Waals surface area contributed by atoms with Crippen molar-refractivity contribution in [3.8, 4) is 11.1 Å². The van der Waals surface area contributed by atoms with Gasteiger partial charge in [-0.25, -0.2) is 0 Å². The Kier molecular flexibility index (Phi) is 2.90. The number of aromatic nitrogens is 1. The molecule has 0 radical (unpaired) electrons. The lowest BCUT2D eigenvalue weighted by Gasteiger charge is -2.07. The Balaban J connectivity index is 2.18. The Morgan fingerprint density at radius 3 is 2.44 bits per heavy atom. The minimum absolute atomic E-state index is 0.982. The SMILES string of the molecule is SNc1ccc(-c2cncc3ccccc23)cc1. The third kappa shape index (κ3) is 1.93. The molecule has 0 aliphatic heterocycles. The van der Waals surface area contributed by atoms with Gasteiger partial charge >= 0.3 is 0 Å². The first kappa shape index (κ1) is 11.1. The molecule has 0 fully saturated rings. The van der Waals surface area contributed by atoms with Gasteiger partial charge in [-0.2, -0.15) is 0 Å². The molecular formula is C15H12N2S. The van der Waals surface area contributed by atoms with Gasteiger partial charge in [0.15, 0.2) is 0 Å². The topological polar surface area (TPSA) is 24.9 Å². The van der Waals surface area contributed by atoms with Crippen LogP contribution >= 0.6 is 12.8 Å². The molecule has 2 aromatic carbocycles. The van der Waals surface area contributed by atoms with Crippen LogP contribution in [0.25, 0.3) is 21.9 Å². The Morgan fingerprint density at radius 1 is 0.889 bits per heavy atom. The first-order valence-electron chi connectivity index (χ1n) is 5.72. The zero-order chi connectivity index (χ0) is 12.4. The molecule has 0 spiro atoms. The van der Waals surface area contributed by atoms with Gasteiger partial charge in [0.2, 0.25) is 0 Å². The first-order chi connectivity index (χ1) is 8.88. The molecule has 0 atom stereocenters. The Morgan fingerprint density at radius 2 is 1.67 bits per heavy atom. The summed E-state index contributed by atoms with van der Waals surface area (Å²) < 4.78 is 2.82. The molecule has 18 heavy (non-hydrogen) atoms. The van der Waals surface area contributed by atoms with Crippen molar-refractivity contribution in [1.29, 1.82) is 0 Å². The van der Waals surface area contributed by atoms with Crippen molar-refractivity contribution in [2.24, 2.45) is 0 Å². The van der Waals surface area contributed by atoms with E-state index in [-0.39, 0.29) is 0 Å². The van der Waals surface area contributed by atoms with Crippen LogP contribution in [0.1, 0.15) is 0 Å². The number of anilines is 1. The molecule has 3 aromatic rings. The van der Waals surface area contributed by atoms with Gasteiger partial charge in [0.05, 0.1) is 0 Å². The van der Waals surface area contributed by atoms with Gasteiger partial charge < -0.3 is 4.72 Å². The number of rotatable bonds is 2. The summed E-state index contributed by atoms with van der Waals surface area (Å²) in [7, 11) is 0. The van der Waals surface area contributed by atoms with Gasteiger partial charge in [-0.1, -0.05) is 49.2 Å². The zero-order valence-corrected chi connectivity index (χ0v) is 10.6. The highest BCUT2D eigenvalue weighted by atomic mass is 32.1. The van der Waals surface area contributed by atoms with Crippen LogP contribution in [0.3, 0.4) is 0 Å². The predicted molar refractivity (Wildman–Crippen MR) is 79.8 cm³/mol. The molecule has 0 saturated heterocycles. The summed E-state index contributed by atoms with van der Waals surface area (Å²) in [6.07, 6.45) is 3.80. The van der Waals surface area contributed by atoms with E-state index in [0.29, 0.717) is 0 Å². The second-order valence-corrected chi connectivity index (χ2v) is 4.32. The lowest BCUT2D eigenvalue weighted by Crippen LogP contribution is -1.85. The van der Waals surface area contributed by atoms with Gasteiger partial charge in [-0.05, 0) is 23.1 Å². The molecule has 1 N–H and O–H groups in total. The summed E-state index contributed by atoms with van der Waals surface area (Å²) in [5.74, 6) is 0. The van der Waals surface area contributed by atoms with Crippen molar-refractivity contribution in [1.82, 2.24) is 4.98 Å². The lowest BCUT2D eigenvalue weighted by molar-refractivity contribution is 1.36. The Hall–Kier alpha value is -2.00. The van der Waals surface area contributed by atoms with Gasteiger partial charge in [-0.15, -0.1) is 0 Å². The van der Waals surface area contributed by atoms with Crippen LogP contribution in [-0.2, 0) is 0 Å². The van der Waals surface area contributed by atoms with Crippen molar-refractivity contribution in [2.45, 2.75) is 0 Å². The van der Waals surface area contributed by atoms with Gasteiger partial charge in [-0.3, -0.25) is 4.98 Å². The molecule has 3 heteroatoms. The average molecular weight is 252 g/mol. The number of thiol groups is 1. The first-order valence-corrected chi connectivity index (χ1v) is 6.16. The number of nitrogens with one attached hydrogen (secondary N) is 1. The van der Waals surface area contributed by atoms with Gasteiger partial charge in [0, 0.05) is 29.0 Å². The van der Waals surface area contributed by atoms with Crippen LogP contribution in [0.5, 0.6) is 0 Å². The summed E-state index contributed by atoms with van der Waals surface area (Å²) in [5.41, 5.74) is 3.29. The van der Waals surface area contributed by atoms with Crippen LogP contribution in [0.4, 0.5) is 5.69 Å². The summed E-state index contributed by atoms with van der Waals surface area (Å²) >= 11 is 4.03. The van der Waals surface area contributed by atoms with Crippen LogP contribution < -0.4 is 4.72 Å². The average Bonchev–Trinajstić information content (AvgIpc) is 2.47. The third-order valence-electron chi connectivity index (χ3n) is 2.99. The van der Waals surface area contributed by atoms with E-state index in [1.165, 1.54) is 5.39 Å². The molecule has 1 heterocycles. The largest absolute Gasteiger partial charge is 0.332 e.